The maximum atomic E-state index is 5.46. The van der Waals surface area contributed by atoms with Crippen LogP contribution in [0.15, 0.2) is 158 Å². The second-order valence-electron chi connectivity index (χ2n) is 17.7. The number of hydrogen-bond acceptors (Lipinski definition) is 4. The van der Waals surface area contributed by atoms with Crippen molar-refractivity contribution < 1.29 is 0 Å². The van der Waals surface area contributed by atoms with Crippen LogP contribution in [0.5, 0.6) is 0 Å². The van der Waals surface area contributed by atoms with Crippen LogP contribution >= 0.6 is 0 Å². The van der Waals surface area contributed by atoms with E-state index in [0.29, 0.717) is 17.6 Å². The first-order valence-electron chi connectivity index (χ1n) is 20.4. The van der Waals surface area contributed by atoms with Crippen molar-refractivity contribution in [1.29, 1.82) is 0 Å². The molecule has 4 heteroatoms. The number of fused-ring (bicyclic) bond motifs is 9. The van der Waals surface area contributed by atoms with Crippen LogP contribution in [0.25, 0.3) is 56.2 Å². The highest BCUT2D eigenvalue weighted by atomic mass is 15.3. The highest BCUT2D eigenvalue weighted by Crippen LogP contribution is 2.55. The van der Waals surface area contributed by atoms with Crippen LogP contribution in [0.3, 0.4) is 0 Å². The summed E-state index contributed by atoms with van der Waals surface area (Å²) < 4.78 is 0. The summed E-state index contributed by atoms with van der Waals surface area (Å²) in [6.07, 6.45) is 0. The van der Waals surface area contributed by atoms with Crippen molar-refractivity contribution in [3.8, 4) is 56.2 Å². The van der Waals surface area contributed by atoms with E-state index in [1.807, 2.05) is 0 Å². The summed E-state index contributed by atoms with van der Waals surface area (Å²) in [5.41, 5.74) is 18.9. The van der Waals surface area contributed by atoms with Crippen molar-refractivity contribution in [2.45, 2.75) is 57.8 Å². The van der Waals surface area contributed by atoms with Crippen molar-refractivity contribution in [3.05, 3.63) is 191 Å². The van der Waals surface area contributed by atoms with E-state index in [0.717, 1.165) is 22.5 Å². The first kappa shape index (κ1) is 34.6. The molecule has 0 unspecified atom stereocenters. The van der Waals surface area contributed by atoms with E-state index in [2.05, 4.69) is 204 Å². The Labute approximate surface area is 341 Å². The largest absolute Gasteiger partial charge is 0.279 e. The molecule has 3 aliphatic rings. The molecule has 3 aliphatic carbocycles. The summed E-state index contributed by atoms with van der Waals surface area (Å²) in [5.74, 6) is 1.86. The average molecular weight is 749 g/mol. The summed E-state index contributed by atoms with van der Waals surface area (Å²) in [6.45, 7) is 13.9. The highest BCUT2D eigenvalue weighted by Gasteiger charge is 2.40. The van der Waals surface area contributed by atoms with Crippen LogP contribution in [0.2, 0.25) is 0 Å². The van der Waals surface area contributed by atoms with E-state index in [9.17, 15) is 0 Å². The number of benzene rings is 7. The zero-order valence-corrected chi connectivity index (χ0v) is 33.8. The second-order valence-corrected chi connectivity index (χ2v) is 17.7. The summed E-state index contributed by atoms with van der Waals surface area (Å²) in [6, 6.07) is 57.1. The van der Waals surface area contributed by atoms with Crippen molar-refractivity contribution in [3.63, 3.8) is 0 Å². The van der Waals surface area contributed by atoms with E-state index in [4.69, 9.17) is 15.0 Å². The normalized spacial score (nSPS) is 15.5. The Morgan fingerprint density at radius 2 is 0.793 bits per heavy atom. The Morgan fingerprint density at radius 3 is 1.33 bits per heavy atom. The Bertz CT molecular complexity index is 2870. The van der Waals surface area contributed by atoms with Crippen LogP contribution in [-0.4, -0.2) is 15.0 Å². The Balaban J connectivity index is 1.17. The van der Waals surface area contributed by atoms with Crippen molar-refractivity contribution in [2.24, 2.45) is 0 Å². The Kier molecular flexibility index (Phi) is 7.26. The molecular formula is C54H44N4. The summed E-state index contributed by atoms with van der Waals surface area (Å²) >= 11 is 0. The monoisotopic (exact) mass is 748 g/mol. The van der Waals surface area contributed by atoms with E-state index in [1.54, 1.807) is 0 Å². The third kappa shape index (κ3) is 4.84. The van der Waals surface area contributed by atoms with Gasteiger partial charge in [0.15, 0.2) is 11.6 Å². The van der Waals surface area contributed by atoms with E-state index in [-0.39, 0.29) is 16.2 Å². The van der Waals surface area contributed by atoms with Crippen LogP contribution in [0.1, 0.15) is 74.9 Å². The maximum Gasteiger partial charge on any atom is 0.238 e. The van der Waals surface area contributed by atoms with Crippen LogP contribution in [-0.2, 0) is 16.2 Å². The number of hydrogen-bond donors (Lipinski definition) is 0. The lowest BCUT2D eigenvalue weighted by Gasteiger charge is -2.31. The molecule has 0 amide bonds. The van der Waals surface area contributed by atoms with Gasteiger partial charge in [-0.15, -0.1) is 0 Å². The van der Waals surface area contributed by atoms with Gasteiger partial charge < -0.3 is 0 Å². The minimum Gasteiger partial charge on any atom is -0.279 e. The molecule has 1 heterocycles. The van der Waals surface area contributed by atoms with Gasteiger partial charge >= 0.3 is 0 Å². The third-order valence-electron chi connectivity index (χ3n) is 13.3. The quantitative estimate of drug-likeness (QED) is 0.176. The number of nitrogens with zero attached hydrogens (tertiary/aromatic N) is 4. The molecule has 7 aromatic carbocycles. The SMILES string of the molecule is CC1(C)c2ccccc2-c2cc(-c3nc(-c4ccc5c(c4)-c4ccccc4C5(C)C)nc(N(c4ccccc4)c4cccc5c4C(C)(C)c4ccccc4-5)n3)ccc21. The van der Waals surface area contributed by atoms with Gasteiger partial charge in [-0.3, -0.25) is 4.90 Å². The predicted molar refractivity (Wildman–Crippen MR) is 238 cm³/mol. The van der Waals surface area contributed by atoms with Crippen molar-refractivity contribution in [2.75, 3.05) is 4.90 Å². The molecule has 0 fully saturated rings. The van der Waals surface area contributed by atoms with E-state index < -0.39 is 0 Å². The molecule has 0 aliphatic heterocycles. The van der Waals surface area contributed by atoms with Crippen LogP contribution in [0, 0.1) is 0 Å². The van der Waals surface area contributed by atoms with Crippen LogP contribution < -0.4 is 4.90 Å². The molecule has 58 heavy (non-hydrogen) atoms. The maximum absolute atomic E-state index is 5.46. The molecule has 0 radical (unpaired) electrons. The van der Waals surface area contributed by atoms with Crippen molar-refractivity contribution >= 4 is 17.3 Å². The fraction of sp³-hybridized carbons (Fsp3) is 0.167. The van der Waals surface area contributed by atoms with Gasteiger partial charge in [-0.2, -0.15) is 9.97 Å². The number of aromatic nitrogens is 3. The fourth-order valence-electron chi connectivity index (χ4n) is 10.4. The first-order valence-corrected chi connectivity index (χ1v) is 20.4. The topological polar surface area (TPSA) is 41.9 Å². The molecule has 0 bridgehead atoms. The standard InChI is InChI=1S/C54H44N4/c1-52(2)42-23-13-11-20-37(42)40-31-33(27-29-45(40)52)49-55-50(34-28-30-46-41(32-34)38-21-12-14-24-43(38)53(46,3)4)57-51(56-49)58(35-17-8-7-9-18-35)47-26-16-22-39-36-19-10-15-25-44(36)54(5,6)48(39)47/h7-32H,1-6H3. The second kappa shape index (κ2) is 12.2. The molecule has 8 aromatic rings. The molecule has 0 atom stereocenters. The van der Waals surface area contributed by atoms with E-state index in [1.165, 1.54) is 66.8 Å². The summed E-state index contributed by atoms with van der Waals surface area (Å²) in [5, 5.41) is 0. The molecule has 0 spiro atoms. The fourth-order valence-corrected chi connectivity index (χ4v) is 10.4. The summed E-state index contributed by atoms with van der Waals surface area (Å²) in [7, 11) is 0. The zero-order chi connectivity index (χ0) is 39.6. The zero-order valence-electron chi connectivity index (χ0n) is 33.8. The van der Waals surface area contributed by atoms with Gasteiger partial charge in [-0.05, 0) is 97.1 Å². The molecular weight excluding hydrogens is 705 g/mol. The predicted octanol–water partition coefficient (Wildman–Crippen LogP) is 13.6. The lowest BCUT2D eigenvalue weighted by atomic mass is 9.81. The minimum atomic E-state index is -0.255. The lowest BCUT2D eigenvalue weighted by Crippen LogP contribution is -2.22. The van der Waals surface area contributed by atoms with Gasteiger partial charge in [-0.1, -0.05) is 169 Å². The molecule has 1 aromatic heterocycles. The smallest absolute Gasteiger partial charge is 0.238 e. The number of rotatable bonds is 5. The molecule has 280 valence electrons. The molecule has 0 saturated carbocycles. The first-order chi connectivity index (χ1) is 28.0. The Morgan fingerprint density at radius 1 is 0.362 bits per heavy atom. The molecule has 0 saturated heterocycles. The van der Waals surface area contributed by atoms with Crippen LogP contribution in [0.4, 0.5) is 17.3 Å². The van der Waals surface area contributed by atoms with Gasteiger partial charge in [0.25, 0.3) is 0 Å². The average Bonchev–Trinajstić information content (AvgIpc) is 3.74. The van der Waals surface area contributed by atoms with Gasteiger partial charge in [-0.25, -0.2) is 4.98 Å². The molecule has 4 nitrogen and oxygen atoms in total. The highest BCUT2D eigenvalue weighted by molar-refractivity contribution is 5.91. The summed E-state index contributed by atoms with van der Waals surface area (Å²) in [4.78, 5) is 18.5. The number of para-hydroxylation sites is 1. The third-order valence-corrected chi connectivity index (χ3v) is 13.3. The molecule has 11 rings (SSSR count). The lowest BCUT2D eigenvalue weighted by molar-refractivity contribution is 0.660. The minimum absolute atomic E-state index is 0.101. The van der Waals surface area contributed by atoms with Gasteiger partial charge in [0.1, 0.15) is 0 Å². The van der Waals surface area contributed by atoms with Gasteiger partial charge in [0.05, 0.1) is 5.69 Å². The number of anilines is 3. The van der Waals surface area contributed by atoms with Crippen molar-refractivity contribution in [1.82, 2.24) is 15.0 Å². The van der Waals surface area contributed by atoms with E-state index >= 15 is 0 Å². The molecule has 0 N–H and O–H groups in total. The Hall–Kier alpha value is -6.65. The van der Waals surface area contributed by atoms with Gasteiger partial charge in [0.2, 0.25) is 5.95 Å². The van der Waals surface area contributed by atoms with Gasteiger partial charge in [0, 0.05) is 33.1 Å².